The number of hydrogen-bond donors (Lipinski definition) is 3. The Morgan fingerprint density at radius 2 is 1.43 bits per heavy atom. The lowest BCUT2D eigenvalue weighted by Gasteiger charge is -2.38. The summed E-state index contributed by atoms with van der Waals surface area (Å²) in [6.07, 6.45) is -1.90. The Bertz CT molecular complexity index is 1390. The zero-order valence-corrected chi connectivity index (χ0v) is 26.2. The molecule has 3 aromatic rings. The lowest BCUT2D eigenvalue weighted by atomic mass is 9.99. The van der Waals surface area contributed by atoms with Gasteiger partial charge in [0.2, 0.25) is 5.91 Å². The van der Waals surface area contributed by atoms with Crippen molar-refractivity contribution in [1.82, 2.24) is 10.2 Å². The maximum Gasteiger partial charge on any atom is 0.339 e. The van der Waals surface area contributed by atoms with Crippen LogP contribution in [0.3, 0.4) is 0 Å². The summed E-state index contributed by atoms with van der Waals surface area (Å²) in [6, 6.07) is 25.3. The van der Waals surface area contributed by atoms with E-state index in [1.807, 2.05) is 84.9 Å². The molecule has 236 valence electrons. The summed E-state index contributed by atoms with van der Waals surface area (Å²) in [7, 11) is -4.71. The maximum absolute atomic E-state index is 13.7. The van der Waals surface area contributed by atoms with Gasteiger partial charge in [-0.15, -0.1) is 0 Å². The first kappa shape index (κ1) is 34.7. The first-order valence-corrected chi connectivity index (χ1v) is 16.4. The third-order valence-corrected chi connectivity index (χ3v) is 7.54. The molecule has 3 aromatic carbocycles. The van der Waals surface area contributed by atoms with E-state index in [-0.39, 0.29) is 32.4 Å². The van der Waals surface area contributed by atoms with Crippen molar-refractivity contribution in [2.75, 3.05) is 12.8 Å². The lowest BCUT2D eigenvalue weighted by molar-refractivity contribution is -0.168. The van der Waals surface area contributed by atoms with Gasteiger partial charge in [-0.25, -0.2) is 4.90 Å². The third-order valence-electron chi connectivity index (χ3n) is 6.85. The average molecular weight is 625 g/mol. The highest BCUT2D eigenvalue weighted by atomic mass is 31.2. The van der Waals surface area contributed by atoms with Crippen LogP contribution in [0.2, 0.25) is 0 Å². The molecule has 2 atom stereocenters. The summed E-state index contributed by atoms with van der Waals surface area (Å²) >= 11 is 0. The Morgan fingerprint density at radius 3 is 2.00 bits per heavy atom. The van der Waals surface area contributed by atoms with E-state index in [0.717, 1.165) is 22.3 Å². The fourth-order valence-corrected chi connectivity index (χ4v) is 5.42. The number of ether oxygens (including phenoxy) is 2. The minimum Gasteiger partial charge on any atom is -0.461 e. The second kappa shape index (κ2) is 16.9. The van der Waals surface area contributed by atoms with Gasteiger partial charge in [-0.05, 0) is 28.7 Å². The van der Waals surface area contributed by atoms with E-state index in [1.165, 1.54) is 4.90 Å². The second-order valence-corrected chi connectivity index (χ2v) is 12.4. The average Bonchev–Trinajstić information content (AvgIpc) is 3.01. The standard InChI is InChI=1S/C33H41N2O8P/c1-4-30(36)43-33(24(2)3)35(23-44(39,40)41)29(21-25-15-17-28(18-16-25)27-13-9-6-10-14-27)32(38)34-20-19-31(37)42-22-26-11-7-5-8-12-26/h5-18,24,29,33H,4,19-23H2,1-3H3,(H,34,38)(H2,39,40,41). The van der Waals surface area contributed by atoms with Crippen LogP contribution in [0.4, 0.5) is 0 Å². The Kier molecular flexibility index (Phi) is 13.3. The Balaban J connectivity index is 1.83. The van der Waals surface area contributed by atoms with Gasteiger partial charge in [0.15, 0.2) is 6.23 Å². The SMILES string of the molecule is CCC(=O)OC(C(C)C)N(CP(=O)(O)O)C(Cc1ccc(-c2ccccc2)cc1)C(=O)NCCC(=O)OCc1ccccc1. The van der Waals surface area contributed by atoms with E-state index in [2.05, 4.69) is 5.32 Å². The van der Waals surface area contributed by atoms with Crippen molar-refractivity contribution in [2.45, 2.75) is 58.9 Å². The lowest BCUT2D eigenvalue weighted by Crippen LogP contribution is -2.55. The van der Waals surface area contributed by atoms with Crippen molar-refractivity contribution in [3.05, 3.63) is 96.1 Å². The van der Waals surface area contributed by atoms with Crippen molar-refractivity contribution >= 4 is 25.4 Å². The van der Waals surface area contributed by atoms with Crippen LogP contribution in [0.5, 0.6) is 0 Å². The van der Waals surface area contributed by atoms with E-state index < -0.39 is 49.9 Å². The van der Waals surface area contributed by atoms with Gasteiger partial charge < -0.3 is 24.6 Å². The molecule has 0 radical (unpaired) electrons. The first-order valence-electron chi connectivity index (χ1n) is 14.6. The molecule has 0 saturated carbocycles. The number of nitrogens with zero attached hydrogens (tertiary/aromatic N) is 1. The summed E-state index contributed by atoms with van der Waals surface area (Å²) < 4.78 is 23.2. The highest BCUT2D eigenvalue weighted by molar-refractivity contribution is 7.51. The number of rotatable bonds is 16. The van der Waals surface area contributed by atoms with Crippen LogP contribution >= 0.6 is 7.60 Å². The molecule has 11 heteroatoms. The fraction of sp³-hybridized carbons (Fsp3) is 0.364. The molecule has 44 heavy (non-hydrogen) atoms. The number of hydrogen-bond acceptors (Lipinski definition) is 7. The molecule has 0 saturated heterocycles. The van der Waals surface area contributed by atoms with Crippen LogP contribution in [0.1, 0.15) is 44.7 Å². The fourth-order valence-electron chi connectivity index (χ4n) is 4.64. The van der Waals surface area contributed by atoms with Gasteiger partial charge in [-0.2, -0.15) is 0 Å². The van der Waals surface area contributed by atoms with E-state index in [0.29, 0.717) is 0 Å². The Hall–Kier alpha value is -3.82. The summed E-state index contributed by atoms with van der Waals surface area (Å²) in [4.78, 5) is 59.7. The zero-order valence-electron chi connectivity index (χ0n) is 25.3. The van der Waals surface area contributed by atoms with Crippen molar-refractivity contribution in [3.63, 3.8) is 0 Å². The van der Waals surface area contributed by atoms with Gasteiger partial charge in [0.05, 0.1) is 12.5 Å². The number of carbonyl (C=O) groups is 3. The highest BCUT2D eigenvalue weighted by Crippen LogP contribution is 2.38. The molecule has 1 amide bonds. The van der Waals surface area contributed by atoms with E-state index in [4.69, 9.17) is 9.47 Å². The molecule has 0 fully saturated rings. The van der Waals surface area contributed by atoms with Gasteiger partial charge >= 0.3 is 19.5 Å². The molecule has 3 N–H and O–H groups in total. The van der Waals surface area contributed by atoms with Crippen LogP contribution in [0.15, 0.2) is 84.9 Å². The number of benzene rings is 3. The van der Waals surface area contributed by atoms with E-state index >= 15 is 0 Å². The molecule has 0 aliphatic carbocycles. The van der Waals surface area contributed by atoms with Crippen LogP contribution in [0, 0.1) is 5.92 Å². The molecular weight excluding hydrogens is 583 g/mol. The number of nitrogens with one attached hydrogen (secondary N) is 1. The van der Waals surface area contributed by atoms with Crippen LogP contribution in [0.25, 0.3) is 11.1 Å². The number of amides is 1. The number of esters is 2. The van der Waals surface area contributed by atoms with E-state index in [9.17, 15) is 28.7 Å². The highest BCUT2D eigenvalue weighted by Gasteiger charge is 2.39. The van der Waals surface area contributed by atoms with Crippen molar-refractivity contribution in [1.29, 1.82) is 0 Å². The molecule has 3 rings (SSSR count). The smallest absolute Gasteiger partial charge is 0.339 e. The van der Waals surface area contributed by atoms with Gasteiger partial charge in [0.25, 0.3) is 0 Å². The normalized spacial score (nSPS) is 12.9. The van der Waals surface area contributed by atoms with Crippen molar-refractivity contribution in [3.8, 4) is 11.1 Å². The monoisotopic (exact) mass is 624 g/mol. The van der Waals surface area contributed by atoms with Crippen molar-refractivity contribution in [2.24, 2.45) is 5.92 Å². The molecule has 0 spiro atoms. The maximum atomic E-state index is 13.7. The zero-order chi connectivity index (χ0) is 32.1. The molecule has 2 unspecified atom stereocenters. The summed E-state index contributed by atoms with van der Waals surface area (Å²) in [5.41, 5.74) is 3.54. The molecule has 0 aliphatic rings. The van der Waals surface area contributed by atoms with Gasteiger partial charge in [-0.1, -0.05) is 106 Å². The molecule has 0 bridgehead atoms. The Labute approximate surface area is 258 Å². The molecule has 0 aromatic heterocycles. The van der Waals surface area contributed by atoms with Gasteiger partial charge in [0.1, 0.15) is 12.9 Å². The largest absolute Gasteiger partial charge is 0.461 e. The minimum absolute atomic E-state index is 0.0515. The Morgan fingerprint density at radius 1 is 0.841 bits per heavy atom. The number of carbonyl (C=O) groups excluding carboxylic acids is 3. The summed E-state index contributed by atoms with van der Waals surface area (Å²) in [6.45, 7) is 5.15. The van der Waals surface area contributed by atoms with Gasteiger partial charge in [0, 0.05) is 18.9 Å². The van der Waals surface area contributed by atoms with Crippen LogP contribution < -0.4 is 5.32 Å². The quantitative estimate of drug-likeness (QED) is 0.115. The van der Waals surface area contributed by atoms with Crippen LogP contribution in [-0.2, 0) is 41.5 Å². The molecule has 0 aliphatic heterocycles. The topological polar surface area (TPSA) is 142 Å². The summed E-state index contributed by atoms with van der Waals surface area (Å²) in [5.74, 6) is -2.04. The minimum atomic E-state index is -4.71. The molecule has 0 heterocycles. The van der Waals surface area contributed by atoms with Crippen LogP contribution in [-0.4, -0.2) is 57.6 Å². The molecular formula is C33H41N2O8P. The van der Waals surface area contributed by atoms with Gasteiger partial charge in [-0.3, -0.25) is 18.9 Å². The van der Waals surface area contributed by atoms with E-state index in [1.54, 1.807) is 20.8 Å². The first-order chi connectivity index (χ1) is 21.0. The summed E-state index contributed by atoms with van der Waals surface area (Å²) in [5, 5.41) is 2.72. The predicted octanol–water partition coefficient (Wildman–Crippen LogP) is 4.89. The van der Waals surface area contributed by atoms with Crippen molar-refractivity contribution < 1.29 is 38.2 Å². The molecule has 10 nitrogen and oxygen atoms in total. The second-order valence-electron chi connectivity index (χ2n) is 10.8. The third kappa shape index (κ3) is 11.4. The predicted molar refractivity (Wildman–Crippen MR) is 167 cm³/mol.